The van der Waals surface area contributed by atoms with E-state index in [0.717, 1.165) is 0 Å². The fourth-order valence-corrected chi connectivity index (χ4v) is 1.37. The van der Waals surface area contributed by atoms with Crippen molar-refractivity contribution < 1.29 is 4.79 Å². The predicted molar refractivity (Wildman–Crippen MR) is 56.1 cm³/mol. The molecule has 0 spiro atoms. The van der Waals surface area contributed by atoms with Gasteiger partial charge in [0, 0.05) is 18.0 Å². The van der Waals surface area contributed by atoms with Crippen LogP contribution in [-0.2, 0) is 0 Å². The van der Waals surface area contributed by atoms with Crippen molar-refractivity contribution in [1.82, 2.24) is 4.98 Å². The standard InChI is InChI=1S/C11H8N2O2/c14-11(8-5-6-12-7-8)9-3-1-2-4-10(9)13-15/h1-7,12H. The first-order valence-electron chi connectivity index (χ1n) is 4.43. The smallest absolute Gasteiger partial charge is 0.196 e. The van der Waals surface area contributed by atoms with E-state index in [2.05, 4.69) is 10.2 Å². The summed E-state index contributed by atoms with van der Waals surface area (Å²) in [7, 11) is 0. The number of carbonyl (C=O) groups is 1. The monoisotopic (exact) mass is 200 g/mol. The molecule has 0 aliphatic carbocycles. The van der Waals surface area contributed by atoms with Crippen LogP contribution in [0, 0.1) is 4.91 Å². The summed E-state index contributed by atoms with van der Waals surface area (Å²) in [6.45, 7) is 0. The molecule has 1 N–H and O–H groups in total. The van der Waals surface area contributed by atoms with Crippen molar-refractivity contribution in [1.29, 1.82) is 0 Å². The molecule has 0 unspecified atom stereocenters. The number of aromatic amines is 1. The Balaban J connectivity index is 2.46. The number of carbonyl (C=O) groups excluding carboxylic acids is 1. The Morgan fingerprint density at radius 1 is 1.20 bits per heavy atom. The van der Waals surface area contributed by atoms with E-state index in [1.54, 1.807) is 36.7 Å². The molecule has 15 heavy (non-hydrogen) atoms. The minimum absolute atomic E-state index is 0.170. The molecular weight excluding hydrogens is 192 g/mol. The van der Waals surface area contributed by atoms with Crippen LogP contribution in [0.3, 0.4) is 0 Å². The maximum atomic E-state index is 11.9. The van der Waals surface area contributed by atoms with Gasteiger partial charge in [0.25, 0.3) is 0 Å². The summed E-state index contributed by atoms with van der Waals surface area (Å²) in [5.74, 6) is -0.202. The fourth-order valence-electron chi connectivity index (χ4n) is 1.37. The molecule has 0 aliphatic rings. The molecule has 0 atom stereocenters. The lowest BCUT2D eigenvalue weighted by Gasteiger charge is -1.99. The highest BCUT2D eigenvalue weighted by Gasteiger charge is 2.13. The lowest BCUT2D eigenvalue weighted by Crippen LogP contribution is -1.99. The van der Waals surface area contributed by atoms with E-state index in [9.17, 15) is 9.70 Å². The molecule has 2 rings (SSSR count). The molecule has 1 heterocycles. The van der Waals surface area contributed by atoms with Crippen LogP contribution in [0.2, 0.25) is 0 Å². The van der Waals surface area contributed by atoms with Gasteiger partial charge in [-0.2, -0.15) is 0 Å². The molecule has 4 heteroatoms. The number of hydrogen-bond acceptors (Lipinski definition) is 3. The van der Waals surface area contributed by atoms with Gasteiger partial charge in [0.15, 0.2) is 5.78 Å². The number of benzene rings is 1. The van der Waals surface area contributed by atoms with Crippen molar-refractivity contribution in [3.05, 3.63) is 58.8 Å². The van der Waals surface area contributed by atoms with Gasteiger partial charge in [-0.25, -0.2) is 0 Å². The molecule has 0 amide bonds. The summed E-state index contributed by atoms with van der Waals surface area (Å²) < 4.78 is 0. The van der Waals surface area contributed by atoms with E-state index in [4.69, 9.17) is 0 Å². The van der Waals surface area contributed by atoms with Gasteiger partial charge in [-0.05, 0) is 23.4 Å². The van der Waals surface area contributed by atoms with Gasteiger partial charge in [-0.15, -0.1) is 4.91 Å². The van der Waals surface area contributed by atoms with Gasteiger partial charge < -0.3 is 4.98 Å². The number of H-pyrrole nitrogens is 1. The first kappa shape index (κ1) is 9.33. The van der Waals surface area contributed by atoms with E-state index in [-0.39, 0.29) is 11.5 Å². The zero-order valence-corrected chi connectivity index (χ0v) is 7.81. The van der Waals surface area contributed by atoms with Crippen LogP contribution < -0.4 is 0 Å². The third kappa shape index (κ3) is 1.69. The van der Waals surface area contributed by atoms with Gasteiger partial charge in [0.2, 0.25) is 0 Å². The average Bonchev–Trinajstić information content (AvgIpc) is 2.81. The number of nitrogens with zero attached hydrogens (tertiary/aromatic N) is 1. The Bertz CT molecular complexity index is 489. The summed E-state index contributed by atoms with van der Waals surface area (Å²) in [6.07, 6.45) is 3.24. The molecule has 0 aliphatic heterocycles. The minimum Gasteiger partial charge on any atom is -0.367 e. The molecule has 0 saturated carbocycles. The zero-order chi connectivity index (χ0) is 10.7. The van der Waals surface area contributed by atoms with E-state index in [1.807, 2.05) is 0 Å². The fraction of sp³-hybridized carbons (Fsp3) is 0. The van der Waals surface area contributed by atoms with Crippen molar-refractivity contribution in [3.8, 4) is 0 Å². The second kappa shape index (κ2) is 3.88. The van der Waals surface area contributed by atoms with Crippen molar-refractivity contribution in [2.75, 3.05) is 0 Å². The summed E-state index contributed by atoms with van der Waals surface area (Å²) in [5, 5.41) is 2.82. The summed E-state index contributed by atoms with van der Waals surface area (Å²) in [6, 6.07) is 8.14. The topological polar surface area (TPSA) is 62.3 Å². The highest BCUT2D eigenvalue weighted by atomic mass is 16.3. The number of nitrogens with one attached hydrogen (secondary N) is 1. The lowest BCUT2D eigenvalue weighted by atomic mass is 10.0. The number of ketones is 1. The Hall–Kier alpha value is -2.23. The van der Waals surface area contributed by atoms with Gasteiger partial charge in [-0.3, -0.25) is 4.79 Å². The number of hydrogen-bond donors (Lipinski definition) is 1. The van der Waals surface area contributed by atoms with Gasteiger partial charge in [-0.1, -0.05) is 12.1 Å². The molecule has 0 radical (unpaired) electrons. The van der Waals surface area contributed by atoms with Crippen LogP contribution >= 0.6 is 0 Å². The number of nitroso groups, excluding NO2 is 1. The van der Waals surface area contributed by atoms with Gasteiger partial charge in [0.1, 0.15) is 5.69 Å². The molecule has 2 aromatic rings. The largest absolute Gasteiger partial charge is 0.367 e. The number of aromatic nitrogens is 1. The summed E-state index contributed by atoms with van der Waals surface area (Å²) in [5.41, 5.74) is 1.02. The van der Waals surface area contributed by atoms with E-state index in [0.29, 0.717) is 11.1 Å². The van der Waals surface area contributed by atoms with E-state index in [1.165, 1.54) is 6.07 Å². The maximum absolute atomic E-state index is 11.9. The molecular formula is C11H8N2O2. The Labute approximate surface area is 85.9 Å². The third-order valence-corrected chi connectivity index (χ3v) is 2.11. The van der Waals surface area contributed by atoms with Gasteiger partial charge in [0.05, 0.1) is 5.56 Å². The second-order valence-corrected chi connectivity index (χ2v) is 3.04. The normalized spacial score (nSPS) is 9.87. The molecule has 74 valence electrons. The third-order valence-electron chi connectivity index (χ3n) is 2.11. The predicted octanol–water partition coefficient (Wildman–Crippen LogP) is 2.64. The Morgan fingerprint density at radius 3 is 2.67 bits per heavy atom. The molecule has 0 bridgehead atoms. The minimum atomic E-state index is -0.202. The molecule has 4 nitrogen and oxygen atoms in total. The first-order chi connectivity index (χ1) is 7.33. The average molecular weight is 200 g/mol. The van der Waals surface area contributed by atoms with Crippen LogP contribution in [0.5, 0.6) is 0 Å². The highest BCUT2D eigenvalue weighted by molar-refractivity contribution is 6.11. The quantitative estimate of drug-likeness (QED) is 0.611. The van der Waals surface area contributed by atoms with Gasteiger partial charge >= 0.3 is 0 Å². The summed E-state index contributed by atoms with van der Waals surface area (Å²) >= 11 is 0. The van der Waals surface area contributed by atoms with Crippen molar-refractivity contribution in [2.24, 2.45) is 5.18 Å². The van der Waals surface area contributed by atoms with Crippen molar-refractivity contribution in [3.63, 3.8) is 0 Å². The zero-order valence-electron chi connectivity index (χ0n) is 7.81. The van der Waals surface area contributed by atoms with Crippen LogP contribution in [0.25, 0.3) is 0 Å². The Morgan fingerprint density at radius 2 is 2.00 bits per heavy atom. The number of rotatable bonds is 3. The Kier molecular flexibility index (Phi) is 2.41. The van der Waals surface area contributed by atoms with Crippen molar-refractivity contribution >= 4 is 11.5 Å². The van der Waals surface area contributed by atoms with E-state index >= 15 is 0 Å². The molecule has 1 aromatic heterocycles. The molecule has 0 fully saturated rings. The van der Waals surface area contributed by atoms with Crippen LogP contribution in [0.4, 0.5) is 5.69 Å². The summed E-state index contributed by atoms with van der Waals surface area (Å²) in [4.78, 5) is 25.1. The molecule has 1 aromatic carbocycles. The van der Waals surface area contributed by atoms with Crippen molar-refractivity contribution in [2.45, 2.75) is 0 Å². The van der Waals surface area contributed by atoms with Crippen LogP contribution in [0.15, 0.2) is 47.9 Å². The van der Waals surface area contributed by atoms with Crippen LogP contribution in [0.1, 0.15) is 15.9 Å². The lowest BCUT2D eigenvalue weighted by molar-refractivity contribution is 0.103. The van der Waals surface area contributed by atoms with Crippen LogP contribution in [-0.4, -0.2) is 10.8 Å². The highest BCUT2D eigenvalue weighted by Crippen LogP contribution is 2.21. The SMILES string of the molecule is O=Nc1ccccc1C(=O)c1cc[nH]c1. The second-order valence-electron chi connectivity index (χ2n) is 3.04. The first-order valence-corrected chi connectivity index (χ1v) is 4.43. The van der Waals surface area contributed by atoms with E-state index < -0.39 is 0 Å². The maximum Gasteiger partial charge on any atom is 0.196 e. The molecule has 0 saturated heterocycles.